The molecule has 3 fully saturated rings. The summed E-state index contributed by atoms with van der Waals surface area (Å²) in [6.07, 6.45) is 6.96. The van der Waals surface area contributed by atoms with Gasteiger partial charge in [0.05, 0.1) is 12.5 Å². The molecule has 0 atom stereocenters. The Morgan fingerprint density at radius 2 is 1.93 bits per heavy atom. The molecule has 3 aliphatic heterocycles. The molecule has 0 radical (unpaired) electrons. The van der Waals surface area contributed by atoms with Crippen LogP contribution in [0.2, 0.25) is 0 Å². The van der Waals surface area contributed by atoms with E-state index in [4.69, 9.17) is 4.74 Å². The van der Waals surface area contributed by atoms with Crippen LogP contribution in [0.15, 0.2) is 24.3 Å². The fraction of sp³-hybridized carbons (Fsp3) is 0.682. The number of methoxy groups -OCH3 is 1. The van der Waals surface area contributed by atoms with Crippen molar-refractivity contribution < 1.29 is 9.53 Å². The van der Waals surface area contributed by atoms with Gasteiger partial charge in [0.1, 0.15) is 5.75 Å². The van der Waals surface area contributed by atoms with Crippen LogP contribution in [0.1, 0.15) is 37.7 Å². The van der Waals surface area contributed by atoms with Crippen LogP contribution >= 0.6 is 11.8 Å². The largest absolute Gasteiger partial charge is 0.497 e. The fourth-order valence-corrected chi connectivity index (χ4v) is 6.05. The zero-order valence-corrected chi connectivity index (χ0v) is 17.3. The van der Waals surface area contributed by atoms with Crippen molar-refractivity contribution in [3.05, 3.63) is 29.8 Å². The van der Waals surface area contributed by atoms with E-state index in [1.807, 2.05) is 12.1 Å². The molecule has 0 aliphatic carbocycles. The number of likely N-dealkylation sites (tertiary alicyclic amines) is 2. The van der Waals surface area contributed by atoms with E-state index < -0.39 is 0 Å². The second-order valence-corrected chi connectivity index (χ2v) is 9.63. The van der Waals surface area contributed by atoms with E-state index in [2.05, 4.69) is 33.7 Å². The number of rotatable bonds is 5. The predicted molar refractivity (Wildman–Crippen MR) is 111 cm³/mol. The number of nitrogens with zero attached hydrogens (tertiary/aromatic N) is 2. The molecule has 27 heavy (non-hydrogen) atoms. The minimum Gasteiger partial charge on any atom is -0.497 e. The summed E-state index contributed by atoms with van der Waals surface area (Å²) in [5.74, 6) is 3.81. The average molecular weight is 389 g/mol. The second-order valence-electron chi connectivity index (χ2n) is 8.41. The van der Waals surface area contributed by atoms with Gasteiger partial charge in [0.15, 0.2) is 0 Å². The van der Waals surface area contributed by atoms with E-state index >= 15 is 0 Å². The molecule has 0 bridgehead atoms. The normalized spacial score (nSPS) is 23.7. The van der Waals surface area contributed by atoms with E-state index in [0.29, 0.717) is 11.9 Å². The number of ether oxygens (including phenoxy) is 1. The maximum Gasteiger partial charge on any atom is 0.231 e. The number of thioether (sulfide) groups is 1. The molecule has 4 nitrogen and oxygen atoms in total. The van der Waals surface area contributed by atoms with Crippen molar-refractivity contribution in [2.75, 3.05) is 44.8 Å². The van der Waals surface area contributed by atoms with Gasteiger partial charge in [-0.05, 0) is 67.7 Å². The lowest BCUT2D eigenvalue weighted by Crippen LogP contribution is -2.67. The number of benzene rings is 1. The molecule has 0 saturated carbocycles. The van der Waals surface area contributed by atoms with Crippen molar-refractivity contribution >= 4 is 17.7 Å². The lowest BCUT2D eigenvalue weighted by atomic mass is 9.72. The van der Waals surface area contributed by atoms with Gasteiger partial charge >= 0.3 is 0 Å². The van der Waals surface area contributed by atoms with Crippen LogP contribution in [-0.4, -0.2) is 66.5 Å². The Kier molecular flexibility index (Phi) is 5.98. The zero-order valence-electron chi connectivity index (χ0n) is 16.5. The number of hydrogen-bond donors (Lipinski definition) is 0. The third-order valence-corrected chi connectivity index (χ3v) is 7.54. The monoisotopic (exact) mass is 388 g/mol. The molecule has 1 amide bonds. The Hall–Kier alpha value is -1.20. The second kappa shape index (κ2) is 8.44. The maximum atomic E-state index is 13.6. The highest BCUT2D eigenvalue weighted by atomic mass is 32.2. The van der Waals surface area contributed by atoms with Gasteiger partial charge in [-0.1, -0.05) is 12.1 Å². The van der Waals surface area contributed by atoms with Crippen molar-refractivity contribution in [2.24, 2.45) is 5.41 Å². The SMILES string of the molecule is COc1cccc(CC2(C(=O)N3CCCCC3)CN(C3CCSCC3)C2)c1. The Morgan fingerprint density at radius 3 is 2.63 bits per heavy atom. The summed E-state index contributed by atoms with van der Waals surface area (Å²) in [6, 6.07) is 8.95. The topological polar surface area (TPSA) is 32.8 Å². The van der Waals surface area contributed by atoms with Crippen LogP contribution < -0.4 is 4.74 Å². The number of carbonyl (C=O) groups is 1. The van der Waals surface area contributed by atoms with Crippen LogP contribution in [0.5, 0.6) is 5.75 Å². The number of amides is 1. The lowest BCUT2D eigenvalue weighted by molar-refractivity contribution is -0.157. The van der Waals surface area contributed by atoms with Gasteiger partial charge in [-0.2, -0.15) is 11.8 Å². The Labute approximate surface area is 167 Å². The standard InChI is InChI=1S/C22H32N2O2S/c1-26-20-7-5-6-18(14-20)15-22(21(25)23-10-3-2-4-11-23)16-24(17-22)19-8-12-27-13-9-19/h5-7,14,19H,2-4,8-13,15-17H2,1H3. The summed E-state index contributed by atoms with van der Waals surface area (Å²) in [7, 11) is 1.71. The van der Waals surface area contributed by atoms with Gasteiger partial charge in [-0.3, -0.25) is 9.69 Å². The van der Waals surface area contributed by atoms with E-state index in [1.54, 1.807) is 7.11 Å². The third kappa shape index (κ3) is 4.14. The lowest BCUT2D eigenvalue weighted by Gasteiger charge is -2.54. The molecule has 1 aromatic carbocycles. The molecule has 5 heteroatoms. The van der Waals surface area contributed by atoms with E-state index in [-0.39, 0.29) is 5.41 Å². The zero-order chi connectivity index (χ0) is 18.7. The molecule has 1 aromatic rings. The molecular formula is C22H32N2O2S. The van der Waals surface area contributed by atoms with Crippen molar-refractivity contribution in [1.29, 1.82) is 0 Å². The first-order valence-corrected chi connectivity index (χ1v) is 11.6. The third-order valence-electron chi connectivity index (χ3n) is 6.49. The first kappa shape index (κ1) is 19.1. The highest BCUT2D eigenvalue weighted by molar-refractivity contribution is 7.99. The van der Waals surface area contributed by atoms with Crippen molar-refractivity contribution in [3.8, 4) is 5.75 Å². The number of piperidine rings is 1. The molecular weight excluding hydrogens is 356 g/mol. The molecule has 4 rings (SSSR count). The van der Waals surface area contributed by atoms with Gasteiger partial charge in [0, 0.05) is 32.2 Å². The maximum absolute atomic E-state index is 13.6. The van der Waals surface area contributed by atoms with Crippen LogP contribution in [0.25, 0.3) is 0 Å². The average Bonchev–Trinajstić information content (AvgIpc) is 2.71. The smallest absolute Gasteiger partial charge is 0.231 e. The fourth-order valence-electron chi connectivity index (χ4n) is 4.97. The number of hydrogen-bond acceptors (Lipinski definition) is 4. The molecule has 0 N–H and O–H groups in total. The Morgan fingerprint density at radius 1 is 1.19 bits per heavy atom. The molecule has 0 aromatic heterocycles. The van der Waals surface area contributed by atoms with E-state index in [1.165, 1.54) is 36.3 Å². The predicted octanol–water partition coefficient (Wildman–Crippen LogP) is 3.45. The van der Waals surface area contributed by atoms with E-state index in [9.17, 15) is 4.79 Å². The summed E-state index contributed by atoms with van der Waals surface area (Å²) in [6.45, 7) is 3.74. The highest BCUT2D eigenvalue weighted by Gasteiger charge is 2.52. The van der Waals surface area contributed by atoms with Crippen LogP contribution in [0.4, 0.5) is 0 Å². The summed E-state index contributed by atoms with van der Waals surface area (Å²) < 4.78 is 5.41. The summed E-state index contributed by atoms with van der Waals surface area (Å²) in [4.78, 5) is 18.3. The molecule has 3 aliphatic rings. The minimum atomic E-state index is -0.242. The Balaban J connectivity index is 1.51. The first-order valence-electron chi connectivity index (χ1n) is 10.4. The van der Waals surface area contributed by atoms with Crippen molar-refractivity contribution in [3.63, 3.8) is 0 Å². The van der Waals surface area contributed by atoms with Crippen molar-refractivity contribution in [2.45, 2.75) is 44.6 Å². The number of carbonyl (C=O) groups excluding carboxylic acids is 1. The van der Waals surface area contributed by atoms with Crippen LogP contribution in [0, 0.1) is 5.41 Å². The summed E-state index contributed by atoms with van der Waals surface area (Å²) in [5, 5.41) is 0. The van der Waals surface area contributed by atoms with Crippen LogP contribution in [0.3, 0.4) is 0 Å². The molecule has 0 unspecified atom stereocenters. The van der Waals surface area contributed by atoms with Crippen LogP contribution in [-0.2, 0) is 11.2 Å². The summed E-state index contributed by atoms with van der Waals surface area (Å²) in [5.41, 5.74) is 0.979. The minimum absolute atomic E-state index is 0.242. The quantitative estimate of drug-likeness (QED) is 0.773. The molecule has 0 spiro atoms. The highest BCUT2D eigenvalue weighted by Crippen LogP contribution is 2.40. The molecule has 148 valence electrons. The summed E-state index contributed by atoms with van der Waals surface area (Å²) >= 11 is 2.07. The van der Waals surface area contributed by atoms with Gasteiger partial charge in [0.25, 0.3) is 0 Å². The first-order chi connectivity index (χ1) is 13.2. The van der Waals surface area contributed by atoms with Crippen molar-refractivity contribution in [1.82, 2.24) is 9.80 Å². The van der Waals surface area contributed by atoms with E-state index in [0.717, 1.165) is 51.2 Å². The van der Waals surface area contributed by atoms with Gasteiger partial charge in [0.2, 0.25) is 5.91 Å². The van der Waals surface area contributed by atoms with Gasteiger partial charge < -0.3 is 9.64 Å². The van der Waals surface area contributed by atoms with Gasteiger partial charge in [-0.25, -0.2) is 0 Å². The molecule has 3 heterocycles. The Bertz CT molecular complexity index is 647. The molecule has 3 saturated heterocycles. The van der Waals surface area contributed by atoms with Gasteiger partial charge in [-0.15, -0.1) is 0 Å².